The maximum absolute atomic E-state index is 12.4. The van der Waals surface area contributed by atoms with Crippen LogP contribution in [0, 0.1) is 0 Å². The van der Waals surface area contributed by atoms with Crippen molar-refractivity contribution in [1.82, 2.24) is 0 Å². The molecule has 310 valence electrons. The zero-order valence-electron chi connectivity index (χ0n) is 33.6. The van der Waals surface area contributed by atoms with E-state index < -0.39 is 32.5 Å². The number of phosphoric acid groups is 1. The van der Waals surface area contributed by atoms with Crippen LogP contribution in [0.5, 0.6) is 0 Å². The van der Waals surface area contributed by atoms with Crippen LogP contribution in [0.25, 0.3) is 0 Å². The van der Waals surface area contributed by atoms with Gasteiger partial charge in [-0.3, -0.25) is 14.1 Å². The van der Waals surface area contributed by atoms with Gasteiger partial charge >= 0.3 is 19.8 Å². The first-order valence-corrected chi connectivity index (χ1v) is 21.8. The molecule has 0 aromatic rings. The summed E-state index contributed by atoms with van der Waals surface area (Å²) in [7, 11) is -4.79. The van der Waals surface area contributed by atoms with Gasteiger partial charge in [0.05, 0.1) is 12.7 Å². The molecule has 0 bridgehead atoms. The molecule has 0 fully saturated rings. The van der Waals surface area contributed by atoms with Crippen LogP contribution in [-0.4, -0.2) is 52.3 Å². The van der Waals surface area contributed by atoms with Crippen LogP contribution in [0.4, 0.5) is 0 Å². The SMILES string of the molecule is CC/C=C\C/C=C\C/C=C\C/C=C\C/C=C\CCCCCC(=O)OC[C@H](COP(=O)(O)O)OC(=O)CCC/C=C\C/C=C\C/C=C\C/C=C\CC[C@H](O)CC. The summed E-state index contributed by atoms with van der Waals surface area (Å²) in [5.74, 6) is -1.02. The number of carbonyl (C=O) groups is 2. The number of aliphatic hydroxyl groups is 1. The number of hydrogen-bond donors (Lipinski definition) is 3. The largest absolute Gasteiger partial charge is 0.469 e. The number of allylic oxidation sites excluding steroid dienone is 18. The van der Waals surface area contributed by atoms with Crippen molar-refractivity contribution < 1.29 is 43.0 Å². The zero-order chi connectivity index (χ0) is 40.5. The maximum Gasteiger partial charge on any atom is 0.469 e. The van der Waals surface area contributed by atoms with E-state index in [-0.39, 0.29) is 25.6 Å². The number of unbranched alkanes of at least 4 members (excludes halogenated alkanes) is 4. The zero-order valence-corrected chi connectivity index (χ0v) is 34.5. The van der Waals surface area contributed by atoms with Crippen LogP contribution in [-0.2, 0) is 28.2 Å². The monoisotopic (exact) mass is 786 g/mol. The average Bonchev–Trinajstić information content (AvgIpc) is 3.16. The number of carbonyl (C=O) groups excluding carboxylic acids is 2. The third-order valence-corrected chi connectivity index (χ3v) is 8.42. The van der Waals surface area contributed by atoms with Crippen LogP contribution in [0.2, 0.25) is 0 Å². The Balaban J connectivity index is 4.14. The van der Waals surface area contributed by atoms with E-state index in [1.165, 1.54) is 0 Å². The van der Waals surface area contributed by atoms with Gasteiger partial charge in [0.25, 0.3) is 0 Å². The quantitative estimate of drug-likeness (QED) is 0.0248. The van der Waals surface area contributed by atoms with Crippen LogP contribution < -0.4 is 0 Å². The van der Waals surface area contributed by atoms with Gasteiger partial charge in [-0.15, -0.1) is 0 Å². The molecule has 0 aliphatic rings. The third-order valence-electron chi connectivity index (χ3n) is 7.94. The molecule has 2 atom stereocenters. The van der Waals surface area contributed by atoms with Crippen molar-refractivity contribution >= 4 is 19.8 Å². The van der Waals surface area contributed by atoms with Crippen molar-refractivity contribution in [3.05, 3.63) is 109 Å². The summed E-state index contributed by atoms with van der Waals surface area (Å²) >= 11 is 0. The topological polar surface area (TPSA) is 140 Å². The van der Waals surface area contributed by atoms with Gasteiger partial charge in [0.15, 0.2) is 6.10 Å². The van der Waals surface area contributed by atoms with Crippen molar-refractivity contribution in [2.24, 2.45) is 0 Å². The number of rotatable bonds is 35. The number of ether oxygens (including phenoxy) is 2. The van der Waals surface area contributed by atoms with Gasteiger partial charge in [-0.05, 0) is 103 Å². The molecule has 0 unspecified atom stereocenters. The highest BCUT2D eigenvalue weighted by molar-refractivity contribution is 7.46. The van der Waals surface area contributed by atoms with Crippen molar-refractivity contribution in [1.29, 1.82) is 0 Å². The van der Waals surface area contributed by atoms with Gasteiger partial charge in [0.1, 0.15) is 6.61 Å². The van der Waals surface area contributed by atoms with Gasteiger partial charge in [-0.1, -0.05) is 130 Å². The van der Waals surface area contributed by atoms with Gasteiger partial charge in [0.2, 0.25) is 0 Å². The Morgan fingerprint density at radius 1 is 0.545 bits per heavy atom. The lowest BCUT2D eigenvalue weighted by atomic mass is 10.1. The lowest BCUT2D eigenvalue weighted by Crippen LogP contribution is -2.29. The van der Waals surface area contributed by atoms with Crippen molar-refractivity contribution in [3.8, 4) is 0 Å². The van der Waals surface area contributed by atoms with Crippen molar-refractivity contribution in [2.45, 2.75) is 148 Å². The highest BCUT2D eigenvalue weighted by Gasteiger charge is 2.22. The molecule has 0 aromatic carbocycles. The number of hydrogen-bond acceptors (Lipinski definition) is 7. The normalized spacial score (nSPS) is 14.2. The first kappa shape index (κ1) is 51.7. The highest BCUT2D eigenvalue weighted by atomic mass is 31.2. The number of esters is 2. The molecule has 0 spiro atoms. The summed E-state index contributed by atoms with van der Waals surface area (Å²) in [5.41, 5.74) is 0. The Kier molecular flexibility index (Phi) is 36.6. The van der Waals surface area contributed by atoms with Crippen LogP contribution in [0.1, 0.15) is 136 Å². The van der Waals surface area contributed by atoms with E-state index in [1.807, 2.05) is 19.1 Å². The standard InChI is InChI=1S/C45H71O9P/c1-3-5-6-7-8-9-10-11-12-13-14-15-16-20-23-26-29-32-35-38-44(47)52-40-43(41-53-55(49,50)51)54-45(48)39-36-33-30-27-24-21-18-17-19-22-25-28-31-34-37-42(46)4-2/h5-6,8-9,11-12,14-15,18-23,27-28,30-31,42-43,46H,3-4,7,10,13,16-17,24-26,29,32-41H2,1-2H3,(H2,49,50,51)/b6-5-,9-8-,12-11-,15-14-,21-18-,22-19-,23-20-,30-27-,31-28-/t42-,43-/m1/s1. The molecular formula is C45H71O9P. The number of phosphoric ester groups is 1. The van der Waals surface area contributed by atoms with Gasteiger partial charge in [0, 0.05) is 12.8 Å². The summed E-state index contributed by atoms with van der Waals surface area (Å²) < 4.78 is 26.3. The fraction of sp³-hybridized carbons (Fsp3) is 0.556. The fourth-order valence-corrected chi connectivity index (χ4v) is 5.14. The second-order valence-corrected chi connectivity index (χ2v) is 14.3. The van der Waals surface area contributed by atoms with Crippen molar-refractivity contribution in [3.63, 3.8) is 0 Å². The molecule has 3 N–H and O–H groups in total. The Morgan fingerprint density at radius 2 is 0.982 bits per heavy atom. The van der Waals surface area contributed by atoms with E-state index >= 15 is 0 Å². The Bertz CT molecular complexity index is 1270. The van der Waals surface area contributed by atoms with Gasteiger partial charge in [-0.25, -0.2) is 4.57 Å². The molecule has 10 heteroatoms. The minimum absolute atomic E-state index is 0.108. The first-order chi connectivity index (χ1) is 26.7. The van der Waals surface area contributed by atoms with Gasteiger partial charge < -0.3 is 24.4 Å². The highest BCUT2D eigenvalue weighted by Crippen LogP contribution is 2.36. The Hall–Kier alpha value is -3.33. The Morgan fingerprint density at radius 3 is 1.45 bits per heavy atom. The molecule has 9 nitrogen and oxygen atoms in total. The molecule has 0 radical (unpaired) electrons. The second-order valence-electron chi connectivity index (χ2n) is 13.0. The average molecular weight is 787 g/mol. The molecule has 0 amide bonds. The molecule has 0 saturated carbocycles. The predicted molar refractivity (Wildman–Crippen MR) is 226 cm³/mol. The summed E-state index contributed by atoms with van der Waals surface area (Å²) in [6.45, 7) is 3.19. The molecular weight excluding hydrogens is 715 g/mol. The first-order valence-electron chi connectivity index (χ1n) is 20.3. The molecule has 0 aromatic heterocycles. The van der Waals surface area contributed by atoms with E-state index in [0.29, 0.717) is 19.3 Å². The summed E-state index contributed by atoms with van der Waals surface area (Å²) in [6.07, 6.45) is 51.8. The fourth-order valence-electron chi connectivity index (χ4n) is 4.78. The molecule has 0 aliphatic heterocycles. The minimum Gasteiger partial charge on any atom is -0.462 e. The minimum atomic E-state index is -4.79. The summed E-state index contributed by atoms with van der Waals surface area (Å²) in [5, 5.41) is 9.54. The van der Waals surface area contributed by atoms with E-state index in [1.54, 1.807) is 0 Å². The lowest BCUT2D eigenvalue weighted by molar-refractivity contribution is -0.161. The predicted octanol–water partition coefficient (Wildman–Crippen LogP) is 11.4. The Labute approximate surface area is 332 Å². The van der Waals surface area contributed by atoms with Gasteiger partial charge in [-0.2, -0.15) is 0 Å². The smallest absolute Gasteiger partial charge is 0.462 e. The summed E-state index contributed by atoms with van der Waals surface area (Å²) in [6, 6.07) is 0. The van der Waals surface area contributed by atoms with Crippen LogP contribution >= 0.6 is 7.82 Å². The van der Waals surface area contributed by atoms with Crippen molar-refractivity contribution in [2.75, 3.05) is 13.2 Å². The molecule has 0 saturated heterocycles. The lowest BCUT2D eigenvalue weighted by Gasteiger charge is -2.18. The summed E-state index contributed by atoms with van der Waals surface area (Å²) in [4.78, 5) is 42.8. The van der Waals surface area contributed by atoms with Crippen LogP contribution in [0.3, 0.4) is 0 Å². The number of aliphatic hydroxyl groups excluding tert-OH is 1. The molecule has 0 aliphatic carbocycles. The van der Waals surface area contributed by atoms with E-state index in [9.17, 15) is 19.3 Å². The molecule has 0 heterocycles. The van der Waals surface area contributed by atoms with E-state index in [2.05, 4.69) is 109 Å². The second kappa shape index (κ2) is 38.9. The maximum atomic E-state index is 12.4. The molecule has 55 heavy (non-hydrogen) atoms. The van der Waals surface area contributed by atoms with E-state index in [4.69, 9.17) is 19.3 Å². The van der Waals surface area contributed by atoms with E-state index in [0.717, 1.165) is 89.9 Å². The van der Waals surface area contributed by atoms with Crippen LogP contribution in [0.15, 0.2) is 109 Å². The molecule has 0 rings (SSSR count). The third kappa shape index (κ3) is 41.7.